The molecule has 3 rings (SSSR count). The molecule has 1 aliphatic rings. The molecule has 0 amide bonds. The summed E-state index contributed by atoms with van der Waals surface area (Å²) in [7, 11) is 0. The van der Waals surface area contributed by atoms with Crippen molar-refractivity contribution < 1.29 is 8.78 Å². The van der Waals surface area contributed by atoms with Crippen LogP contribution in [0.3, 0.4) is 0 Å². The number of aryl methyl sites for hydroxylation is 4. The topological polar surface area (TPSA) is 0 Å². The standard InChI is InChI=1S/C16H14F2/c1-9-5-12-4-3-11-7-10(2)14(17)8-13(11)16(12)15(18)6-9/h5-8H,3-4H2,1-2H3. The van der Waals surface area contributed by atoms with Crippen molar-refractivity contribution in [3.8, 4) is 11.1 Å². The van der Waals surface area contributed by atoms with Crippen LogP contribution in [0.15, 0.2) is 24.3 Å². The minimum atomic E-state index is -0.262. The first-order valence-electron chi connectivity index (χ1n) is 6.14. The molecule has 2 heteroatoms. The molecule has 0 fully saturated rings. The Morgan fingerprint density at radius 3 is 2.33 bits per heavy atom. The molecule has 0 heterocycles. The minimum Gasteiger partial charge on any atom is -0.207 e. The number of benzene rings is 2. The summed E-state index contributed by atoms with van der Waals surface area (Å²) in [4.78, 5) is 0. The molecule has 0 N–H and O–H groups in total. The number of halogens is 2. The highest BCUT2D eigenvalue weighted by molar-refractivity contribution is 5.74. The van der Waals surface area contributed by atoms with Gasteiger partial charge in [0.15, 0.2) is 0 Å². The van der Waals surface area contributed by atoms with Crippen LogP contribution in [0.25, 0.3) is 11.1 Å². The molecule has 2 aromatic carbocycles. The Hall–Kier alpha value is -1.70. The van der Waals surface area contributed by atoms with Crippen molar-refractivity contribution in [3.63, 3.8) is 0 Å². The van der Waals surface area contributed by atoms with Crippen molar-refractivity contribution >= 4 is 0 Å². The zero-order chi connectivity index (χ0) is 12.9. The Kier molecular flexibility index (Phi) is 2.47. The Balaban J connectivity index is 2.31. The van der Waals surface area contributed by atoms with Gasteiger partial charge >= 0.3 is 0 Å². The van der Waals surface area contributed by atoms with Gasteiger partial charge in [-0.2, -0.15) is 0 Å². The molecule has 0 saturated carbocycles. The highest BCUT2D eigenvalue weighted by Gasteiger charge is 2.21. The summed E-state index contributed by atoms with van der Waals surface area (Å²) in [6.45, 7) is 3.63. The van der Waals surface area contributed by atoms with Crippen molar-refractivity contribution in [3.05, 3.63) is 58.2 Å². The van der Waals surface area contributed by atoms with E-state index in [0.717, 1.165) is 35.1 Å². The lowest BCUT2D eigenvalue weighted by atomic mass is 9.83. The third-order valence-electron chi connectivity index (χ3n) is 3.63. The lowest BCUT2D eigenvalue weighted by molar-refractivity contribution is 0.613. The molecule has 1 aliphatic carbocycles. The summed E-state index contributed by atoms with van der Waals surface area (Å²) in [6.07, 6.45) is 1.68. The lowest BCUT2D eigenvalue weighted by Crippen LogP contribution is -2.07. The molecule has 92 valence electrons. The van der Waals surface area contributed by atoms with Gasteiger partial charge in [0.1, 0.15) is 11.6 Å². The Morgan fingerprint density at radius 1 is 0.833 bits per heavy atom. The van der Waals surface area contributed by atoms with Crippen LogP contribution >= 0.6 is 0 Å². The van der Waals surface area contributed by atoms with Gasteiger partial charge in [-0.15, -0.1) is 0 Å². The Labute approximate surface area is 105 Å². The fraction of sp³-hybridized carbons (Fsp3) is 0.250. The predicted octanol–water partition coefficient (Wildman–Crippen LogP) is 4.35. The van der Waals surface area contributed by atoms with E-state index >= 15 is 0 Å². The molecule has 0 aliphatic heterocycles. The SMILES string of the molecule is Cc1cc(F)c2c(c1)CCc1cc(C)c(F)cc1-2. The van der Waals surface area contributed by atoms with Crippen LogP contribution in [0, 0.1) is 25.5 Å². The van der Waals surface area contributed by atoms with Crippen LogP contribution in [-0.4, -0.2) is 0 Å². The summed E-state index contributed by atoms with van der Waals surface area (Å²) in [6, 6.07) is 6.83. The Morgan fingerprint density at radius 2 is 1.56 bits per heavy atom. The quantitative estimate of drug-likeness (QED) is 0.646. The van der Waals surface area contributed by atoms with Gasteiger partial charge in [-0.3, -0.25) is 0 Å². The first-order valence-corrected chi connectivity index (χ1v) is 6.14. The molecule has 18 heavy (non-hydrogen) atoms. The molecule has 0 unspecified atom stereocenters. The van der Waals surface area contributed by atoms with Crippen LogP contribution in [-0.2, 0) is 12.8 Å². The molecule has 0 bridgehead atoms. The first kappa shape index (κ1) is 11.4. The number of rotatable bonds is 0. The minimum absolute atomic E-state index is 0.241. The van der Waals surface area contributed by atoms with E-state index in [-0.39, 0.29) is 11.6 Å². The highest BCUT2D eigenvalue weighted by Crippen LogP contribution is 2.37. The van der Waals surface area contributed by atoms with E-state index in [2.05, 4.69) is 0 Å². The van der Waals surface area contributed by atoms with Gasteiger partial charge < -0.3 is 0 Å². The van der Waals surface area contributed by atoms with Crippen molar-refractivity contribution in [2.75, 3.05) is 0 Å². The Bertz CT molecular complexity index is 642. The first-order chi connectivity index (χ1) is 8.56. The molecular formula is C16H14F2. The number of hydrogen-bond acceptors (Lipinski definition) is 0. The summed E-state index contributed by atoms with van der Waals surface area (Å²) < 4.78 is 27.8. The van der Waals surface area contributed by atoms with Gasteiger partial charge in [-0.05, 0) is 66.6 Å². The van der Waals surface area contributed by atoms with Crippen LogP contribution in [0.1, 0.15) is 22.3 Å². The van der Waals surface area contributed by atoms with Crippen LogP contribution < -0.4 is 0 Å². The third kappa shape index (κ3) is 1.64. The van der Waals surface area contributed by atoms with Crippen LogP contribution in [0.5, 0.6) is 0 Å². The molecule has 0 saturated heterocycles. The monoisotopic (exact) mass is 244 g/mol. The predicted molar refractivity (Wildman–Crippen MR) is 68.7 cm³/mol. The maximum atomic E-state index is 14.1. The average molecular weight is 244 g/mol. The van der Waals surface area contributed by atoms with E-state index in [1.807, 2.05) is 19.1 Å². The molecule has 0 atom stereocenters. The van der Waals surface area contributed by atoms with Gasteiger partial charge in [0, 0.05) is 5.56 Å². The van der Waals surface area contributed by atoms with E-state index in [9.17, 15) is 8.78 Å². The van der Waals surface area contributed by atoms with Crippen molar-refractivity contribution in [1.29, 1.82) is 0 Å². The van der Waals surface area contributed by atoms with E-state index < -0.39 is 0 Å². The van der Waals surface area contributed by atoms with Gasteiger partial charge in [-0.25, -0.2) is 8.78 Å². The molecule has 0 aromatic heterocycles. The van der Waals surface area contributed by atoms with E-state index in [1.54, 1.807) is 6.92 Å². The second-order valence-corrected chi connectivity index (χ2v) is 5.04. The molecule has 0 nitrogen and oxygen atoms in total. The van der Waals surface area contributed by atoms with Crippen molar-refractivity contribution in [2.24, 2.45) is 0 Å². The van der Waals surface area contributed by atoms with Gasteiger partial charge in [-0.1, -0.05) is 12.1 Å². The fourth-order valence-electron chi connectivity index (χ4n) is 2.76. The summed E-state index contributed by atoms with van der Waals surface area (Å²) in [5, 5.41) is 0. The highest BCUT2D eigenvalue weighted by atomic mass is 19.1. The third-order valence-corrected chi connectivity index (χ3v) is 3.63. The maximum Gasteiger partial charge on any atom is 0.131 e. The summed E-state index contributed by atoms with van der Waals surface area (Å²) in [5.74, 6) is -0.504. The largest absolute Gasteiger partial charge is 0.207 e. The fourth-order valence-corrected chi connectivity index (χ4v) is 2.76. The van der Waals surface area contributed by atoms with E-state index in [0.29, 0.717) is 11.1 Å². The summed E-state index contributed by atoms with van der Waals surface area (Å²) in [5.41, 5.74) is 4.89. The van der Waals surface area contributed by atoms with Gasteiger partial charge in [0.2, 0.25) is 0 Å². The number of hydrogen-bond donors (Lipinski definition) is 0. The van der Waals surface area contributed by atoms with Gasteiger partial charge in [0.25, 0.3) is 0 Å². The maximum absolute atomic E-state index is 14.1. The zero-order valence-electron chi connectivity index (χ0n) is 10.5. The molecule has 0 radical (unpaired) electrons. The van der Waals surface area contributed by atoms with Crippen LogP contribution in [0.4, 0.5) is 8.78 Å². The molecular weight excluding hydrogens is 230 g/mol. The molecule has 2 aromatic rings. The lowest BCUT2D eigenvalue weighted by Gasteiger charge is -2.21. The van der Waals surface area contributed by atoms with E-state index in [4.69, 9.17) is 0 Å². The van der Waals surface area contributed by atoms with Crippen LogP contribution in [0.2, 0.25) is 0 Å². The second-order valence-electron chi connectivity index (χ2n) is 5.04. The van der Waals surface area contributed by atoms with Gasteiger partial charge in [0.05, 0.1) is 0 Å². The summed E-state index contributed by atoms with van der Waals surface area (Å²) >= 11 is 0. The van der Waals surface area contributed by atoms with Crippen molar-refractivity contribution in [2.45, 2.75) is 26.7 Å². The van der Waals surface area contributed by atoms with Crippen molar-refractivity contribution in [1.82, 2.24) is 0 Å². The number of fused-ring (bicyclic) bond motifs is 3. The second kappa shape index (κ2) is 3.91. The average Bonchev–Trinajstić information content (AvgIpc) is 2.30. The molecule has 0 spiro atoms. The normalized spacial score (nSPS) is 13.1. The van der Waals surface area contributed by atoms with E-state index in [1.165, 1.54) is 12.1 Å². The smallest absolute Gasteiger partial charge is 0.131 e. The zero-order valence-corrected chi connectivity index (χ0v) is 10.5.